The van der Waals surface area contributed by atoms with Gasteiger partial charge in [0.1, 0.15) is 48.3 Å². The number of rotatable bonds is 41. The fourth-order valence-electron chi connectivity index (χ4n) is 8.32. The van der Waals surface area contributed by atoms with E-state index in [-0.39, 0.29) is 76.3 Å². The van der Waals surface area contributed by atoms with E-state index < -0.39 is 170 Å². The first-order valence-corrected chi connectivity index (χ1v) is 27.3. The van der Waals surface area contributed by atoms with Crippen LogP contribution in [-0.2, 0) is 75.2 Å². The molecule has 0 fully saturated rings. The van der Waals surface area contributed by atoms with Gasteiger partial charge >= 0.3 is 17.9 Å². The maximum absolute atomic E-state index is 14.4. The summed E-state index contributed by atoms with van der Waals surface area (Å²) in [5, 5.41) is 48.4. The molecule has 0 saturated heterocycles. The van der Waals surface area contributed by atoms with Gasteiger partial charge in [0, 0.05) is 25.8 Å². The van der Waals surface area contributed by atoms with Crippen molar-refractivity contribution in [3.05, 3.63) is 71.8 Å². The lowest BCUT2D eigenvalue weighted by Crippen LogP contribution is -2.61. The number of hydrogen-bond donors (Lipinski definition) is 17. The molecule has 31 heteroatoms. The van der Waals surface area contributed by atoms with Gasteiger partial charge in [-0.15, -0.1) is 0 Å². The Morgan fingerprint density at radius 2 is 0.859 bits per heavy atom. The van der Waals surface area contributed by atoms with Crippen LogP contribution in [0.5, 0.6) is 0 Å². The molecule has 23 N–H and O–H groups in total. The first kappa shape index (κ1) is 71.8. The van der Waals surface area contributed by atoms with Crippen LogP contribution >= 0.6 is 0 Å². The number of aliphatic imine (C=N–C) groups is 1. The van der Waals surface area contributed by atoms with Crippen LogP contribution in [-0.4, -0.2) is 166 Å². The third-order valence-electron chi connectivity index (χ3n) is 12.7. The van der Waals surface area contributed by atoms with E-state index in [4.69, 9.17) is 34.4 Å². The van der Waals surface area contributed by atoms with Gasteiger partial charge in [-0.3, -0.25) is 62.5 Å². The molecule has 0 aliphatic heterocycles. The second-order valence-corrected chi connectivity index (χ2v) is 20.4. The van der Waals surface area contributed by atoms with Crippen LogP contribution in [0.2, 0.25) is 0 Å². The number of carbonyl (C=O) groups excluding carboxylic acids is 10. The Hall–Kier alpha value is -9.26. The highest BCUT2D eigenvalue weighted by molar-refractivity contribution is 5.99. The fraction of sp³-hybridized carbons (Fsp3) is 0.519. The van der Waals surface area contributed by atoms with Crippen molar-refractivity contribution in [1.82, 2.24) is 42.5 Å². The van der Waals surface area contributed by atoms with Gasteiger partial charge in [-0.05, 0) is 81.4 Å². The molecule has 9 unspecified atom stereocenters. The molecule has 0 aromatic heterocycles. The van der Waals surface area contributed by atoms with Crippen molar-refractivity contribution < 1.29 is 77.6 Å². The standard InChI is InChI=1S/C54H81N15O16/c1-29(2)24-37(49(80)67-38(26-31-14-7-4-8-15-31)50(81)68-39(27-42(58)71)51(82)65-36(53(84)85)17-11-23-61-54(59)60)66-48(79)35(19-21-43(72)73)64-46(77)33(16-9-10-22-55)63-52(83)40(28-44(74)75)69-47(78)34(18-20-41(57)70)62-45(76)32(56)25-30-12-5-3-6-13-30/h3-8,12-15,29,32-40H,9-11,16-28,55-56H2,1-2H3,(H2,57,70)(H2,58,71)(H,62,76)(H,63,83)(H,64,77)(H,65,82)(H,66,79)(H,67,80)(H,68,81)(H,69,78)(H,72,73)(H,74,75)(H,84,85)(H4,59,60,61). The van der Waals surface area contributed by atoms with Gasteiger partial charge in [-0.25, -0.2) is 4.79 Å². The summed E-state index contributed by atoms with van der Waals surface area (Å²) in [7, 11) is 0. The van der Waals surface area contributed by atoms with Crippen LogP contribution < -0.4 is 76.9 Å². The number of hydrogen-bond acceptors (Lipinski definition) is 16. The number of nitrogens with two attached hydrogens (primary N) is 6. The third kappa shape index (κ3) is 29.0. The Morgan fingerprint density at radius 1 is 0.447 bits per heavy atom. The molecular formula is C54H81N15O16. The molecule has 85 heavy (non-hydrogen) atoms. The number of primary amides is 2. The van der Waals surface area contributed by atoms with Gasteiger partial charge < -0.3 is 92.3 Å². The van der Waals surface area contributed by atoms with Crippen molar-refractivity contribution in [3.63, 3.8) is 0 Å². The molecule has 2 rings (SSSR count). The first-order chi connectivity index (χ1) is 40.1. The van der Waals surface area contributed by atoms with E-state index >= 15 is 0 Å². The predicted molar refractivity (Wildman–Crippen MR) is 305 cm³/mol. The normalized spacial score (nSPS) is 14.1. The summed E-state index contributed by atoms with van der Waals surface area (Å²) >= 11 is 0. The van der Waals surface area contributed by atoms with Gasteiger partial charge in [0.25, 0.3) is 0 Å². The van der Waals surface area contributed by atoms with Crippen LogP contribution in [0.4, 0.5) is 0 Å². The number of amides is 10. The third-order valence-corrected chi connectivity index (χ3v) is 12.7. The van der Waals surface area contributed by atoms with Crippen molar-refractivity contribution in [2.75, 3.05) is 13.1 Å². The minimum atomic E-state index is -1.94. The van der Waals surface area contributed by atoms with Gasteiger partial charge in [0.2, 0.25) is 59.1 Å². The largest absolute Gasteiger partial charge is 0.481 e. The zero-order valence-corrected chi connectivity index (χ0v) is 47.4. The Morgan fingerprint density at radius 3 is 1.33 bits per heavy atom. The number of nitrogens with zero attached hydrogens (tertiary/aromatic N) is 1. The molecule has 468 valence electrons. The minimum Gasteiger partial charge on any atom is -0.481 e. The Bertz CT molecular complexity index is 2640. The number of guanidine groups is 1. The van der Waals surface area contributed by atoms with Crippen LogP contribution in [0.25, 0.3) is 0 Å². The van der Waals surface area contributed by atoms with E-state index in [9.17, 15) is 77.6 Å². The zero-order chi connectivity index (χ0) is 63.8. The zero-order valence-electron chi connectivity index (χ0n) is 47.4. The van der Waals surface area contributed by atoms with Crippen molar-refractivity contribution in [2.45, 2.75) is 158 Å². The number of nitrogens with one attached hydrogen (secondary N) is 8. The van der Waals surface area contributed by atoms with E-state index in [1.165, 1.54) is 0 Å². The van der Waals surface area contributed by atoms with Crippen molar-refractivity contribution >= 4 is 82.9 Å². The van der Waals surface area contributed by atoms with Gasteiger partial charge in [-0.2, -0.15) is 0 Å². The summed E-state index contributed by atoms with van der Waals surface area (Å²) in [4.78, 5) is 175. The van der Waals surface area contributed by atoms with Gasteiger partial charge in [-0.1, -0.05) is 74.5 Å². The molecule has 10 amide bonds. The van der Waals surface area contributed by atoms with Crippen molar-refractivity contribution in [1.29, 1.82) is 0 Å². The molecule has 0 bridgehead atoms. The highest BCUT2D eigenvalue weighted by Crippen LogP contribution is 2.13. The van der Waals surface area contributed by atoms with E-state index in [1.54, 1.807) is 74.5 Å². The van der Waals surface area contributed by atoms with E-state index in [0.29, 0.717) is 11.1 Å². The van der Waals surface area contributed by atoms with Crippen LogP contribution in [0.15, 0.2) is 65.7 Å². The summed E-state index contributed by atoms with van der Waals surface area (Å²) in [6, 6.07) is 2.26. The molecule has 2 aromatic rings. The highest BCUT2D eigenvalue weighted by Gasteiger charge is 2.36. The molecule has 0 heterocycles. The smallest absolute Gasteiger partial charge is 0.326 e. The summed E-state index contributed by atoms with van der Waals surface area (Å²) in [5.41, 5.74) is 34.4. The van der Waals surface area contributed by atoms with Crippen LogP contribution in [0.1, 0.15) is 102 Å². The van der Waals surface area contributed by atoms with Crippen LogP contribution in [0.3, 0.4) is 0 Å². The van der Waals surface area contributed by atoms with Gasteiger partial charge in [0.15, 0.2) is 5.96 Å². The number of carbonyl (C=O) groups is 13. The summed E-state index contributed by atoms with van der Waals surface area (Å²) in [6.45, 7) is 3.49. The maximum Gasteiger partial charge on any atom is 0.326 e. The van der Waals surface area contributed by atoms with Gasteiger partial charge in [0.05, 0.1) is 18.9 Å². The SMILES string of the molecule is CC(C)CC(NC(=O)C(CCC(=O)O)NC(=O)C(CCCCN)NC(=O)C(CC(=O)O)NC(=O)C(CCC(N)=O)NC(=O)C(N)Cc1ccccc1)C(=O)NC(Cc1ccccc1)C(=O)NC(CC(N)=O)C(=O)NC(CCCN=C(N)N)C(=O)O. The molecular weight excluding hydrogens is 1110 g/mol. The first-order valence-electron chi connectivity index (χ1n) is 27.3. The molecule has 0 spiro atoms. The van der Waals surface area contributed by atoms with E-state index in [2.05, 4.69) is 47.5 Å². The maximum atomic E-state index is 14.4. The number of aliphatic carboxylic acids is 3. The second-order valence-electron chi connectivity index (χ2n) is 20.4. The average Bonchev–Trinajstić information content (AvgIpc) is 3.63. The Balaban J connectivity index is 2.48. The number of carboxylic acid groups (broad SMARTS) is 3. The number of unbranched alkanes of at least 4 members (excludes halogenated alkanes) is 1. The molecule has 9 atom stereocenters. The summed E-state index contributed by atoms with van der Waals surface area (Å²) < 4.78 is 0. The lowest BCUT2D eigenvalue weighted by Gasteiger charge is -2.28. The molecule has 0 radical (unpaired) electrons. The monoisotopic (exact) mass is 1200 g/mol. The molecule has 0 saturated carbocycles. The Labute approximate surface area is 490 Å². The lowest BCUT2D eigenvalue weighted by atomic mass is 10.00. The minimum absolute atomic E-state index is 0.0149. The molecule has 2 aromatic carbocycles. The molecule has 0 aliphatic rings. The average molecular weight is 1200 g/mol. The molecule has 31 nitrogen and oxygen atoms in total. The van der Waals surface area contributed by atoms with Crippen molar-refractivity contribution in [3.8, 4) is 0 Å². The quantitative estimate of drug-likeness (QED) is 0.0169. The van der Waals surface area contributed by atoms with Crippen LogP contribution in [0, 0.1) is 5.92 Å². The summed E-state index contributed by atoms with van der Waals surface area (Å²) in [6.07, 6.45) is -4.26. The Kier molecular flexibility index (Phi) is 31.9. The topological polar surface area (TPSA) is 547 Å². The van der Waals surface area contributed by atoms with E-state index in [0.717, 1.165) is 0 Å². The fourth-order valence-corrected chi connectivity index (χ4v) is 8.32. The lowest BCUT2D eigenvalue weighted by molar-refractivity contribution is -0.143. The second kappa shape index (κ2) is 37.8. The summed E-state index contributed by atoms with van der Waals surface area (Å²) in [5.74, 6) is -15.6. The predicted octanol–water partition coefficient (Wildman–Crippen LogP) is -4.53. The van der Waals surface area contributed by atoms with E-state index in [1.807, 2.05) is 0 Å². The number of carboxylic acids is 3. The highest BCUT2D eigenvalue weighted by atomic mass is 16.4. The molecule has 0 aliphatic carbocycles. The number of benzene rings is 2. The van der Waals surface area contributed by atoms with Crippen molar-refractivity contribution in [2.24, 2.45) is 45.3 Å².